The SMILES string of the molecule is C[C@H]1CN(c2cc(S(=O)(=O)NC3(C#N)CC3)cc3c(-c4ccc(C(F)F)cn4)noc23)C[C@H](C)N1C(=O)OC(C)(C)C. The van der Waals surface area contributed by atoms with Crippen molar-refractivity contribution in [3.63, 3.8) is 0 Å². The second kappa shape index (κ2) is 10.5. The molecule has 2 aromatic heterocycles. The van der Waals surface area contributed by atoms with Crippen molar-refractivity contribution >= 4 is 32.8 Å². The third-order valence-electron chi connectivity index (χ3n) is 7.28. The number of sulfonamides is 1. The van der Waals surface area contributed by atoms with Gasteiger partial charge in [-0.1, -0.05) is 5.16 Å². The van der Waals surface area contributed by atoms with Gasteiger partial charge in [0, 0.05) is 24.8 Å². The van der Waals surface area contributed by atoms with Crippen LogP contribution in [0.5, 0.6) is 0 Å². The molecule has 1 aromatic carbocycles. The molecule has 5 rings (SSSR count). The van der Waals surface area contributed by atoms with E-state index < -0.39 is 33.7 Å². The van der Waals surface area contributed by atoms with Crippen molar-refractivity contribution in [2.24, 2.45) is 0 Å². The maximum atomic E-state index is 13.5. The number of hydrogen-bond donors (Lipinski definition) is 1. The van der Waals surface area contributed by atoms with Gasteiger partial charge in [-0.25, -0.2) is 22.0 Å². The molecule has 2 fully saturated rings. The van der Waals surface area contributed by atoms with Crippen LogP contribution in [0.2, 0.25) is 0 Å². The number of aromatic nitrogens is 2. The van der Waals surface area contributed by atoms with Gasteiger partial charge in [-0.05, 0) is 71.7 Å². The molecule has 14 heteroatoms. The van der Waals surface area contributed by atoms with E-state index in [1.165, 1.54) is 24.3 Å². The normalized spacial score (nSPS) is 20.5. The van der Waals surface area contributed by atoms with Crippen molar-refractivity contribution in [3.8, 4) is 17.5 Å². The fraction of sp³-hybridized carbons (Fsp3) is 0.500. The van der Waals surface area contributed by atoms with E-state index in [0.29, 0.717) is 37.0 Å². The van der Waals surface area contributed by atoms with E-state index in [-0.39, 0.29) is 39.5 Å². The number of alkyl halides is 2. The summed E-state index contributed by atoms with van der Waals surface area (Å²) in [5.41, 5.74) is -1.000. The molecule has 224 valence electrons. The van der Waals surface area contributed by atoms with Crippen molar-refractivity contribution in [1.82, 2.24) is 19.8 Å². The number of nitriles is 1. The minimum absolute atomic E-state index is 0.116. The maximum absolute atomic E-state index is 13.5. The van der Waals surface area contributed by atoms with Gasteiger partial charge in [-0.15, -0.1) is 0 Å². The number of ether oxygens (including phenoxy) is 1. The summed E-state index contributed by atoms with van der Waals surface area (Å²) in [6.07, 6.45) is -1.31. The Morgan fingerprint density at radius 3 is 2.40 bits per heavy atom. The summed E-state index contributed by atoms with van der Waals surface area (Å²) in [7, 11) is -4.16. The average molecular weight is 603 g/mol. The molecule has 3 aromatic rings. The predicted molar refractivity (Wildman–Crippen MR) is 149 cm³/mol. The summed E-state index contributed by atoms with van der Waals surface area (Å²) in [4.78, 5) is 20.5. The Kier molecular flexibility index (Phi) is 7.39. The molecule has 2 aliphatic rings. The van der Waals surface area contributed by atoms with Crippen molar-refractivity contribution in [3.05, 3.63) is 36.0 Å². The lowest BCUT2D eigenvalue weighted by Crippen LogP contribution is -2.59. The van der Waals surface area contributed by atoms with Crippen LogP contribution < -0.4 is 9.62 Å². The van der Waals surface area contributed by atoms with E-state index in [9.17, 15) is 27.3 Å². The largest absolute Gasteiger partial charge is 0.444 e. The summed E-state index contributed by atoms with van der Waals surface area (Å²) in [5, 5.41) is 13.9. The molecule has 0 unspecified atom stereocenters. The summed E-state index contributed by atoms with van der Waals surface area (Å²) in [6.45, 7) is 9.78. The molecule has 0 spiro atoms. The van der Waals surface area contributed by atoms with Gasteiger partial charge >= 0.3 is 6.09 Å². The van der Waals surface area contributed by atoms with E-state index in [1.54, 1.807) is 25.7 Å². The standard InChI is InChI=1S/C28H32F2N6O5S/c1-16-13-35(14-17(2)36(16)26(37)40-27(3,4)5)22-11-19(42(38,39)34-28(15-31)8-9-28)10-20-23(33-41-24(20)22)21-7-6-18(12-32-21)25(29)30/h6-7,10-12,16-17,25,34H,8-9,13-14H2,1-5H3/t16-,17-/m0/s1. The average Bonchev–Trinajstić information content (AvgIpc) is 3.53. The number of hydrogen-bond acceptors (Lipinski definition) is 9. The Morgan fingerprint density at radius 2 is 1.88 bits per heavy atom. The zero-order chi connectivity index (χ0) is 30.6. The highest BCUT2D eigenvalue weighted by Crippen LogP contribution is 2.40. The van der Waals surface area contributed by atoms with E-state index in [4.69, 9.17) is 9.26 Å². The molecular weight excluding hydrogens is 570 g/mol. The number of piperazine rings is 1. The van der Waals surface area contributed by atoms with E-state index in [0.717, 1.165) is 6.20 Å². The van der Waals surface area contributed by atoms with Gasteiger partial charge in [0.15, 0.2) is 5.58 Å². The summed E-state index contributed by atoms with van der Waals surface area (Å²) in [6, 6.07) is 6.85. The Morgan fingerprint density at radius 1 is 1.21 bits per heavy atom. The smallest absolute Gasteiger partial charge is 0.410 e. The van der Waals surface area contributed by atoms with E-state index >= 15 is 0 Å². The molecule has 0 bridgehead atoms. The molecule has 11 nitrogen and oxygen atoms in total. The van der Waals surface area contributed by atoms with Crippen molar-refractivity contribution in [2.45, 2.75) is 82.0 Å². The van der Waals surface area contributed by atoms with Crippen molar-refractivity contribution in [1.29, 1.82) is 5.26 Å². The van der Waals surface area contributed by atoms with E-state index in [2.05, 4.69) is 14.9 Å². The molecule has 1 amide bonds. The highest BCUT2D eigenvalue weighted by Gasteiger charge is 2.47. The molecule has 1 saturated carbocycles. The number of fused-ring (bicyclic) bond motifs is 1. The Hall–Kier alpha value is -3.83. The van der Waals surface area contributed by atoms with Crippen molar-refractivity contribution < 1.29 is 31.3 Å². The third-order valence-corrected chi connectivity index (χ3v) is 8.79. The quantitative estimate of drug-likeness (QED) is 0.413. The van der Waals surface area contributed by atoms with Crippen LogP contribution in [-0.4, -0.2) is 65.9 Å². The zero-order valence-electron chi connectivity index (χ0n) is 23.9. The van der Waals surface area contributed by atoms with Gasteiger partial charge < -0.3 is 14.2 Å². The molecular formula is C28H32F2N6O5S. The van der Waals surface area contributed by atoms with Crippen LogP contribution in [0, 0.1) is 11.3 Å². The summed E-state index contributed by atoms with van der Waals surface area (Å²) >= 11 is 0. The molecule has 1 aliphatic heterocycles. The first kappa shape index (κ1) is 29.7. The highest BCUT2D eigenvalue weighted by molar-refractivity contribution is 7.89. The topological polar surface area (TPSA) is 142 Å². The molecule has 42 heavy (non-hydrogen) atoms. The van der Waals surface area contributed by atoms with Gasteiger partial charge in [-0.3, -0.25) is 9.88 Å². The van der Waals surface area contributed by atoms with Crippen LogP contribution in [0.15, 0.2) is 39.9 Å². The van der Waals surface area contributed by atoms with E-state index in [1.807, 2.05) is 24.8 Å². The monoisotopic (exact) mass is 602 g/mol. The van der Waals surface area contributed by atoms with Crippen LogP contribution in [-0.2, 0) is 14.8 Å². The number of pyridine rings is 1. The van der Waals surface area contributed by atoms with Crippen LogP contribution in [0.25, 0.3) is 22.4 Å². The summed E-state index contributed by atoms with van der Waals surface area (Å²) in [5.74, 6) is 0. The van der Waals surface area contributed by atoms with Gasteiger partial charge in [-0.2, -0.15) is 9.98 Å². The van der Waals surface area contributed by atoms with Crippen LogP contribution in [0.4, 0.5) is 19.3 Å². The van der Waals surface area contributed by atoms with Gasteiger partial charge in [0.25, 0.3) is 6.43 Å². The van der Waals surface area contributed by atoms with Gasteiger partial charge in [0.05, 0.1) is 39.8 Å². The van der Waals surface area contributed by atoms with Crippen LogP contribution >= 0.6 is 0 Å². The molecule has 1 saturated heterocycles. The lowest BCUT2D eigenvalue weighted by molar-refractivity contribution is 0.00566. The lowest BCUT2D eigenvalue weighted by Gasteiger charge is -2.45. The number of anilines is 1. The lowest BCUT2D eigenvalue weighted by atomic mass is 10.1. The van der Waals surface area contributed by atoms with Gasteiger partial charge in [0.2, 0.25) is 10.0 Å². The molecule has 1 N–H and O–H groups in total. The minimum Gasteiger partial charge on any atom is -0.444 e. The summed E-state index contributed by atoms with van der Waals surface area (Å²) < 4.78 is 67.1. The second-order valence-electron chi connectivity index (χ2n) is 11.9. The van der Waals surface area contributed by atoms with Crippen molar-refractivity contribution in [2.75, 3.05) is 18.0 Å². The Labute approximate surface area is 242 Å². The predicted octanol–water partition coefficient (Wildman–Crippen LogP) is 5.00. The molecule has 0 radical (unpaired) electrons. The molecule has 2 atom stereocenters. The zero-order valence-corrected chi connectivity index (χ0v) is 24.7. The highest BCUT2D eigenvalue weighted by atomic mass is 32.2. The first-order valence-electron chi connectivity index (χ1n) is 13.5. The number of carbonyl (C=O) groups excluding carboxylic acids is 1. The van der Waals surface area contributed by atoms with Gasteiger partial charge in [0.1, 0.15) is 16.8 Å². The first-order chi connectivity index (χ1) is 19.6. The number of carbonyl (C=O) groups is 1. The fourth-order valence-electron chi connectivity index (χ4n) is 5.12. The second-order valence-corrected chi connectivity index (χ2v) is 13.6. The van der Waals surface area contributed by atoms with Crippen LogP contribution in [0.1, 0.15) is 59.4 Å². The van der Waals surface area contributed by atoms with Crippen LogP contribution in [0.3, 0.4) is 0 Å². The first-order valence-corrected chi connectivity index (χ1v) is 15.0. The number of halogens is 2. The Balaban J connectivity index is 1.58. The minimum atomic E-state index is -4.16. The molecule has 3 heterocycles. The number of benzene rings is 1. The number of rotatable bonds is 6. The fourth-order valence-corrected chi connectivity index (χ4v) is 6.54. The Bertz CT molecular complexity index is 1650. The maximum Gasteiger partial charge on any atom is 0.410 e. The molecule has 1 aliphatic carbocycles. The third kappa shape index (κ3) is 5.76. The number of amides is 1. The number of nitrogens with one attached hydrogen (secondary N) is 1. The number of nitrogens with zero attached hydrogens (tertiary/aromatic N) is 5.